The molecule has 0 amide bonds. The van der Waals surface area contributed by atoms with Crippen molar-refractivity contribution in [3.63, 3.8) is 0 Å². The number of nitrogen functional groups attached to an aromatic ring is 1. The SMILES string of the molecule is Cc1cc(N)nc(SCc2ccno2)n1. The summed E-state index contributed by atoms with van der Waals surface area (Å²) in [6.07, 6.45) is 1.61. The Balaban J connectivity index is 2.05. The van der Waals surface area contributed by atoms with E-state index < -0.39 is 0 Å². The standard InChI is InChI=1S/C9H10N4OS/c1-6-4-8(10)13-9(12-6)15-5-7-2-3-11-14-7/h2-4H,5H2,1H3,(H2,10,12,13). The number of hydrogen-bond acceptors (Lipinski definition) is 6. The van der Waals surface area contributed by atoms with Crippen LogP contribution >= 0.6 is 11.8 Å². The Morgan fingerprint density at radius 1 is 1.47 bits per heavy atom. The first-order chi connectivity index (χ1) is 7.24. The molecule has 2 heterocycles. The van der Waals surface area contributed by atoms with E-state index >= 15 is 0 Å². The molecule has 0 radical (unpaired) electrons. The summed E-state index contributed by atoms with van der Waals surface area (Å²) in [6.45, 7) is 1.89. The number of anilines is 1. The van der Waals surface area contributed by atoms with Gasteiger partial charge in [-0.3, -0.25) is 0 Å². The van der Waals surface area contributed by atoms with Crippen molar-refractivity contribution in [2.75, 3.05) is 5.73 Å². The molecule has 0 aliphatic heterocycles. The molecule has 0 aromatic carbocycles. The molecule has 15 heavy (non-hydrogen) atoms. The zero-order valence-electron chi connectivity index (χ0n) is 8.17. The highest BCUT2D eigenvalue weighted by molar-refractivity contribution is 7.98. The van der Waals surface area contributed by atoms with Crippen molar-refractivity contribution in [1.82, 2.24) is 15.1 Å². The Kier molecular flexibility index (Phi) is 2.86. The zero-order valence-corrected chi connectivity index (χ0v) is 8.99. The molecule has 6 heteroatoms. The lowest BCUT2D eigenvalue weighted by Gasteiger charge is -2.00. The van der Waals surface area contributed by atoms with E-state index in [1.54, 1.807) is 12.3 Å². The van der Waals surface area contributed by atoms with Crippen molar-refractivity contribution >= 4 is 17.6 Å². The average Bonchev–Trinajstić information content (AvgIpc) is 2.65. The first-order valence-corrected chi connectivity index (χ1v) is 5.36. The van der Waals surface area contributed by atoms with E-state index in [1.165, 1.54) is 11.8 Å². The first kappa shape index (κ1) is 9.97. The minimum Gasteiger partial charge on any atom is -0.384 e. The van der Waals surface area contributed by atoms with Crippen LogP contribution in [0.15, 0.2) is 28.0 Å². The number of nitrogens with zero attached hydrogens (tertiary/aromatic N) is 3. The van der Waals surface area contributed by atoms with E-state index in [-0.39, 0.29) is 0 Å². The third kappa shape index (κ3) is 2.69. The van der Waals surface area contributed by atoms with E-state index in [2.05, 4.69) is 15.1 Å². The van der Waals surface area contributed by atoms with Crippen LogP contribution < -0.4 is 5.73 Å². The third-order valence-corrected chi connectivity index (χ3v) is 2.56. The molecule has 0 bridgehead atoms. The Morgan fingerprint density at radius 3 is 3.00 bits per heavy atom. The lowest BCUT2D eigenvalue weighted by Crippen LogP contribution is -1.96. The molecule has 2 aromatic rings. The Bertz CT molecular complexity index is 423. The maximum atomic E-state index is 5.61. The molecule has 2 aromatic heterocycles. The van der Waals surface area contributed by atoms with Crippen molar-refractivity contribution in [1.29, 1.82) is 0 Å². The molecule has 0 atom stereocenters. The van der Waals surface area contributed by atoms with Gasteiger partial charge in [0.25, 0.3) is 0 Å². The summed E-state index contributed by atoms with van der Waals surface area (Å²) in [4.78, 5) is 8.34. The molecule has 0 saturated carbocycles. The molecule has 2 N–H and O–H groups in total. The van der Waals surface area contributed by atoms with Gasteiger partial charge >= 0.3 is 0 Å². The summed E-state index contributed by atoms with van der Waals surface area (Å²) in [7, 11) is 0. The van der Waals surface area contributed by atoms with Crippen LogP contribution in [-0.4, -0.2) is 15.1 Å². The van der Waals surface area contributed by atoms with Crippen LogP contribution in [-0.2, 0) is 5.75 Å². The number of hydrogen-bond donors (Lipinski definition) is 1. The topological polar surface area (TPSA) is 77.8 Å². The van der Waals surface area contributed by atoms with Gasteiger partial charge in [-0.05, 0) is 6.92 Å². The van der Waals surface area contributed by atoms with Gasteiger partial charge in [-0.15, -0.1) is 0 Å². The highest BCUT2D eigenvalue weighted by atomic mass is 32.2. The summed E-state index contributed by atoms with van der Waals surface area (Å²) in [5.74, 6) is 1.94. The van der Waals surface area contributed by atoms with Crippen molar-refractivity contribution < 1.29 is 4.52 Å². The molecule has 0 aliphatic rings. The van der Waals surface area contributed by atoms with Gasteiger partial charge in [0, 0.05) is 17.8 Å². The first-order valence-electron chi connectivity index (χ1n) is 4.37. The number of aromatic nitrogens is 3. The summed E-state index contributed by atoms with van der Waals surface area (Å²) >= 11 is 1.47. The Hall–Kier alpha value is -1.56. The second-order valence-electron chi connectivity index (χ2n) is 2.98. The molecule has 78 valence electrons. The second kappa shape index (κ2) is 4.31. The number of nitrogens with two attached hydrogens (primary N) is 1. The maximum absolute atomic E-state index is 5.61. The van der Waals surface area contributed by atoms with Gasteiger partial charge in [0.2, 0.25) is 0 Å². The van der Waals surface area contributed by atoms with Crippen molar-refractivity contribution in [2.24, 2.45) is 0 Å². The van der Waals surface area contributed by atoms with Gasteiger partial charge in [-0.2, -0.15) is 0 Å². The fraction of sp³-hybridized carbons (Fsp3) is 0.222. The third-order valence-electron chi connectivity index (χ3n) is 1.69. The minimum atomic E-state index is 0.488. The van der Waals surface area contributed by atoms with E-state index in [1.807, 2.05) is 13.0 Å². The highest BCUT2D eigenvalue weighted by Gasteiger charge is 2.03. The fourth-order valence-electron chi connectivity index (χ4n) is 1.08. The predicted molar refractivity (Wildman–Crippen MR) is 57.2 cm³/mol. The van der Waals surface area contributed by atoms with Crippen molar-refractivity contribution in [3.05, 3.63) is 29.8 Å². The van der Waals surface area contributed by atoms with E-state index in [0.717, 1.165) is 11.5 Å². The Labute approximate surface area is 91.1 Å². The normalized spacial score (nSPS) is 10.5. The lowest BCUT2D eigenvalue weighted by molar-refractivity contribution is 0.395. The Morgan fingerprint density at radius 2 is 2.33 bits per heavy atom. The smallest absolute Gasteiger partial charge is 0.190 e. The van der Waals surface area contributed by atoms with Crippen LogP contribution in [0.4, 0.5) is 5.82 Å². The average molecular weight is 222 g/mol. The van der Waals surface area contributed by atoms with Gasteiger partial charge in [-0.25, -0.2) is 9.97 Å². The van der Waals surface area contributed by atoms with Gasteiger partial charge in [0.1, 0.15) is 11.6 Å². The van der Waals surface area contributed by atoms with Crippen LogP contribution in [0.25, 0.3) is 0 Å². The van der Waals surface area contributed by atoms with Gasteiger partial charge in [0.05, 0.1) is 11.9 Å². The van der Waals surface area contributed by atoms with Crippen LogP contribution in [0, 0.1) is 6.92 Å². The van der Waals surface area contributed by atoms with Gasteiger partial charge < -0.3 is 10.3 Å². The summed E-state index contributed by atoms with van der Waals surface area (Å²) in [5.41, 5.74) is 6.47. The van der Waals surface area contributed by atoms with Gasteiger partial charge in [-0.1, -0.05) is 16.9 Å². The molecule has 0 aliphatic carbocycles. The quantitative estimate of drug-likeness (QED) is 0.628. The summed E-state index contributed by atoms with van der Waals surface area (Å²) < 4.78 is 4.96. The molecule has 0 fully saturated rings. The highest BCUT2D eigenvalue weighted by Crippen LogP contribution is 2.19. The van der Waals surface area contributed by atoms with Crippen LogP contribution in [0.5, 0.6) is 0 Å². The van der Waals surface area contributed by atoms with E-state index in [0.29, 0.717) is 16.7 Å². The number of rotatable bonds is 3. The summed E-state index contributed by atoms with van der Waals surface area (Å²) in [6, 6.07) is 3.55. The largest absolute Gasteiger partial charge is 0.384 e. The van der Waals surface area contributed by atoms with E-state index in [4.69, 9.17) is 10.3 Å². The number of aryl methyl sites for hydroxylation is 1. The zero-order chi connectivity index (χ0) is 10.7. The molecule has 5 nitrogen and oxygen atoms in total. The van der Waals surface area contributed by atoms with Crippen LogP contribution in [0.1, 0.15) is 11.5 Å². The monoisotopic (exact) mass is 222 g/mol. The number of thioether (sulfide) groups is 1. The molecular formula is C9H10N4OS. The molecule has 2 rings (SSSR count). The predicted octanol–water partition coefficient (Wildman–Crippen LogP) is 1.65. The molecule has 0 unspecified atom stereocenters. The van der Waals surface area contributed by atoms with Crippen molar-refractivity contribution in [2.45, 2.75) is 17.8 Å². The lowest BCUT2D eigenvalue weighted by atomic mass is 10.4. The van der Waals surface area contributed by atoms with E-state index in [9.17, 15) is 0 Å². The van der Waals surface area contributed by atoms with Crippen LogP contribution in [0.3, 0.4) is 0 Å². The van der Waals surface area contributed by atoms with Crippen LogP contribution in [0.2, 0.25) is 0 Å². The fourth-order valence-corrected chi connectivity index (χ4v) is 1.88. The molecule has 0 spiro atoms. The second-order valence-corrected chi connectivity index (χ2v) is 3.93. The van der Waals surface area contributed by atoms with Gasteiger partial charge in [0.15, 0.2) is 5.16 Å². The minimum absolute atomic E-state index is 0.488. The summed E-state index contributed by atoms with van der Waals surface area (Å²) in [5, 5.41) is 4.27. The molecule has 0 saturated heterocycles. The van der Waals surface area contributed by atoms with Crippen molar-refractivity contribution in [3.8, 4) is 0 Å². The molecular weight excluding hydrogens is 212 g/mol. The maximum Gasteiger partial charge on any atom is 0.190 e.